The summed E-state index contributed by atoms with van der Waals surface area (Å²) < 4.78 is 5.39. The van der Waals surface area contributed by atoms with Crippen LogP contribution in [0.4, 0.5) is 0 Å². The number of fused-ring (bicyclic) bond motifs is 1. The van der Waals surface area contributed by atoms with E-state index in [0.717, 1.165) is 29.7 Å². The van der Waals surface area contributed by atoms with Crippen LogP contribution >= 0.6 is 0 Å². The zero-order valence-electron chi connectivity index (χ0n) is 13.7. The number of nitriles is 1. The number of ether oxygens (including phenoxy) is 1. The van der Waals surface area contributed by atoms with Crippen LogP contribution in [-0.2, 0) is 11.2 Å². The van der Waals surface area contributed by atoms with Crippen LogP contribution < -0.4 is 10.1 Å². The number of H-pyrrole nitrogens is 1. The number of benzene rings is 2. The van der Waals surface area contributed by atoms with Crippen molar-refractivity contribution in [2.45, 2.75) is 12.8 Å². The Morgan fingerprint density at radius 3 is 2.84 bits per heavy atom. The van der Waals surface area contributed by atoms with Crippen molar-refractivity contribution in [2.75, 3.05) is 13.2 Å². The standard InChI is InChI=1S/C19H18N4O2/c20-12-14-6-1-4-9-17(14)25-13-19(24)21-11-5-10-18-22-15-7-2-3-8-16(15)23-18/h1-4,6-9H,5,10-11,13H2,(H,21,24)(H,22,23). The first-order chi connectivity index (χ1) is 12.3. The minimum Gasteiger partial charge on any atom is -0.482 e. The van der Waals surface area contributed by atoms with Gasteiger partial charge >= 0.3 is 0 Å². The molecule has 0 radical (unpaired) electrons. The molecule has 0 unspecified atom stereocenters. The smallest absolute Gasteiger partial charge is 0.257 e. The maximum atomic E-state index is 11.8. The van der Waals surface area contributed by atoms with Crippen molar-refractivity contribution in [2.24, 2.45) is 0 Å². The molecular formula is C19H18N4O2. The molecule has 0 aliphatic rings. The number of amides is 1. The van der Waals surface area contributed by atoms with Crippen molar-refractivity contribution < 1.29 is 9.53 Å². The summed E-state index contributed by atoms with van der Waals surface area (Å²) in [5.74, 6) is 1.12. The van der Waals surface area contributed by atoms with Crippen LogP contribution in [0.3, 0.4) is 0 Å². The second-order valence-corrected chi connectivity index (χ2v) is 5.55. The van der Waals surface area contributed by atoms with E-state index < -0.39 is 0 Å². The molecule has 6 nitrogen and oxygen atoms in total. The summed E-state index contributed by atoms with van der Waals surface area (Å²) >= 11 is 0. The number of nitrogens with one attached hydrogen (secondary N) is 2. The van der Waals surface area contributed by atoms with Gasteiger partial charge in [0.05, 0.1) is 16.6 Å². The lowest BCUT2D eigenvalue weighted by molar-refractivity contribution is -0.123. The summed E-state index contributed by atoms with van der Waals surface area (Å²) in [4.78, 5) is 19.6. The lowest BCUT2D eigenvalue weighted by Crippen LogP contribution is -2.30. The SMILES string of the molecule is N#Cc1ccccc1OCC(=O)NCCCc1nc2ccccc2[nH]1. The second-order valence-electron chi connectivity index (χ2n) is 5.55. The van der Waals surface area contributed by atoms with Crippen LogP contribution in [0.15, 0.2) is 48.5 Å². The molecule has 2 N–H and O–H groups in total. The Bertz CT molecular complexity index is 878. The van der Waals surface area contributed by atoms with E-state index in [2.05, 4.69) is 15.3 Å². The van der Waals surface area contributed by atoms with Gasteiger partial charge in [0.2, 0.25) is 0 Å². The number of aromatic nitrogens is 2. The highest BCUT2D eigenvalue weighted by atomic mass is 16.5. The van der Waals surface area contributed by atoms with Gasteiger partial charge in [-0.25, -0.2) is 4.98 Å². The lowest BCUT2D eigenvalue weighted by atomic mass is 10.2. The normalized spacial score (nSPS) is 10.4. The molecule has 0 aliphatic heterocycles. The van der Waals surface area contributed by atoms with Crippen LogP contribution in [0.5, 0.6) is 5.75 Å². The highest BCUT2D eigenvalue weighted by Gasteiger charge is 2.06. The number of nitrogens with zero attached hydrogens (tertiary/aromatic N) is 2. The van der Waals surface area contributed by atoms with Crippen LogP contribution in [0.25, 0.3) is 11.0 Å². The van der Waals surface area contributed by atoms with Crippen LogP contribution in [-0.4, -0.2) is 29.0 Å². The van der Waals surface area contributed by atoms with Crippen LogP contribution in [0, 0.1) is 11.3 Å². The molecule has 1 aromatic heterocycles. The molecule has 25 heavy (non-hydrogen) atoms. The summed E-state index contributed by atoms with van der Waals surface area (Å²) in [6.45, 7) is 0.433. The predicted octanol–water partition coefficient (Wildman–Crippen LogP) is 2.56. The first kappa shape index (κ1) is 16.5. The lowest BCUT2D eigenvalue weighted by Gasteiger charge is -2.08. The Labute approximate surface area is 145 Å². The highest BCUT2D eigenvalue weighted by Crippen LogP contribution is 2.16. The van der Waals surface area contributed by atoms with Gasteiger partial charge in [-0.05, 0) is 30.7 Å². The molecule has 0 atom stereocenters. The van der Waals surface area contributed by atoms with Crippen molar-refractivity contribution >= 4 is 16.9 Å². The second kappa shape index (κ2) is 7.97. The zero-order valence-corrected chi connectivity index (χ0v) is 13.7. The Kier molecular flexibility index (Phi) is 5.27. The first-order valence-corrected chi connectivity index (χ1v) is 8.08. The fraction of sp³-hybridized carbons (Fsp3) is 0.211. The van der Waals surface area contributed by atoms with Crippen molar-refractivity contribution in [1.82, 2.24) is 15.3 Å². The topological polar surface area (TPSA) is 90.8 Å². The van der Waals surface area contributed by atoms with Gasteiger partial charge in [-0.15, -0.1) is 0 Å². The molecule has 0 fully saturated rings. The average Bonchev–Trinajstić information content (AvgIpc) is 3.06. The summed E-state index contributed by atoms with van der Waals surface area (Å²) in [7, 11) is 0. The highest BCUT2D eigenvalue weighted by molar-refractivity contribution is 5.77. The Balaban J connectivity index is 1.40. The van der Waals surface area contributed by atoms with Gasteiger partial charge in [0.25, 0.3) is 5.91 Å². The number of aromatic amines is 1. The van der Waals surface area contributed by atoms with Crippen molar-refractivity contribution in [1.29, 1.82) is 5.26 Å². The number of aryl methyl sites for hydroxylation is 1. The van der Waals surface area contributed by atoms with Gasteiger partial charge in [0.15, 0.2) is 6.61 Å². The quantitative estimate of drug-likeness (QED) is 0.650. The molecule has 126 valence electrons. The van der Waals surface area contributed by atoms with E-state index in [0.29, 0.717) is 17.9 Å². The summed E-state index contributed by atoms with van der Waals surface area (Å²) in [6, 6.07) is 16.8. The van der Waals surface area contributed by atoms with Gasteiger partial charge in [-0.2, -0.15) is 5.26 Å². The Hall–Kier alpha value is -3.33. The number of imidazole rings is 1. The molecule has 3 rings (SSSR count). The number of carbonyl (C=O) groups excluding carboxylic acids is 1. The van der Waals surface area contributed by atoms with Gasteiger partial charge in [-0.3, -0.25) is 4.79 Å². The molecule has 0 saturated heterocycles. The van der Waals surface area contributed by atoms with Gasteiger partial charge in [-0.1, -0.05) is 24.3 Å². The van der Waals surface area contributed by atoms with E-state index >= 15 is 0 Å². The third kappa shape index (κ3) is 4.36. The molecule has 1 heterocycles. The monoisotopic (exact) mass is 334 g/mol. The molecule has 1 amide bonds. The molecule has 6 heteroatoms. The maximum absolute atomic E-state index is 11.8. The zero-order chi connectivity index (χ0) is 17.5. The fourth-order valence-electron chi connectivity index (χ4n) is 2.49. The van der Waals surface area contributed by atoms with Gasteiger partial charge < -0.3 is 15.0 Å². The Morgan fingerprint density at radius 2 is 2.00 bits per heavy atom. The first-order valence-electron chi connectivity index (χ1n) is 8.08. The van der Waals surface area contributed by atoms with Gasteiger partial charge in [0, 0.05) is 13.0 Å². The summed E-state index contributed by atoms with van der Waals surface area (Å²) in [5, 5.41) is 11.8. The molecule has 0 bridgehead atoms. The van der Waals surface area contributed by atoms with Crippen molar-refractivity contribution in [3.05, 3.63) is 59.9 Å². The molecule has 0 aliphatic carbocycles. The molecule has 0 saturated carbocycles. The van der Waals surface area contributed by atoms with Crippen molar-refractivity contribution in [3.63, 3.8) is 0 Å². The molecular weight excluding hydrogens is 316 g/mol. The summed E-state index contributed by atoms with van der Waals surface area (Å²) in [6.07, 6.45) is 1.54. The Morgan fingerprint density at radius 1 is 1.20 bits per heavy atom. The van der Waals surface area contributed by atoms with E-state index in [1.54, 1.807) is 24.3 Å². The fourth-order valence-corrected chi connectivity index (χ4v) is 2.49. The number of para-hydroxylation sites is 3. The number of rotatable bonds is 7. The van der Waals surface area contributed by atoms with Crippen LogP contribution in [0.1, 0.15) is 17.8 Å². The number of hydrogen-bond acceptors (Lipinski definition) is 4. The minimum absolute atomic E-state index is 0.108. The van der Waals surface area contributed by atoms with Crippen LogP contribution in [0.2, 0.25) is 0 Å². The van der Waals surface area contributed by atoms with Crippen molar-refractivity contribution in [3.8, 4) is 11.8 Å². The maximum Gasteiger partial charge on any atom is 0.257 e. The minimum atomic E-state index is -0.211. The summed E-state index contributed by atoms with van der Waals surface area (Å²) in [5.41, 5.74) is 2.39. The van der Waals surface area contributed by atoms with E-state index in [4.69, 9.17) is 10.00 Å². The molecule has 3 aromatic rings. The van der Waals surface area contributed by atoms with E-state index in [-0.39, 0.29) is 12.5 Å². The number of hydrogen-bond donors (Lipinski definition) is 2. The van der Waals surface area contributed by atoms with E-state index in [9.17, 15) is 4.79 Å². The third-order valence-corrected chi connectivity index (χ3v) is 3.72. The third-order valence-electron chi connectivity index (χ3n) is 3.72. The van der Waals surface area contributed by atoms with Gasteiger partial charge in [0.1, 0.15) is 17.6 Å². The van der Waals surface area contributed by atoms with E-state index in [1.165, 1.54) is 0 Å². The molecule has 0 spiro atoms. The van der Waals surface area contributed by atoms with E-state index in [1.807, 2.05) is 30.3 Å². The predicted molar refractivity (Wildman–Crippen MR) is 94.1 cm³/mol. The molecule has 2 aromatic carbocycles. The average molecular weight is 334 g/mol. The number of carbonyl (C=O) groups is 1. The largest absolute Gasteiger partial charge is 0.482 e.